The number of halogens is 1. The Balaban J connectivity index is 2.49. The van der Waals surface area contributed by atoms with E-state index >= 15 is 0 Å². The first-order valence-electron chi connectivity index (χ1n) is 6.80. The van der Waals surface area contributed by atoms with Crippen LogP contribution < -0.4 is 10.6 Å². The van der Waals surface area contributed by atoms with Crippen molar-refractivity contribution >= 4 is 11.7 Å². The lowest BCUT2D eigenvalue weighted by molar-refractivity contribution is 0.0883. The molecule has 0 saturated heterocycles. The lowest BCUT2D eigenvalue weighted by Gasteiger charge is -2.10. The van der Waals surface area contributed by atoms with E-state index in [1.165, 1.54) is 12.3 Å². The van der Waals surface area contributed by atoms with Crippen LogP contribution in [0, 0.1) is 11.7 Å². The lowest BCUT2D eigenvalue weighted by Crippen LogP contribution is -2.28. The summed E-state index contributed by atoms with van der Waals surface area (Å²) in [5.41, 5.74) is -0.0141. The van der Waals surface area contributed by atoms with E-state index in [9.17, 15) is 9.18 Å². The van der Waals surface area contributed by atoms with Crippen molar-refractivity contribution in [2.24, 2.45) is 5.92 Å². The normalized spacial score (nSPS) is 10.7. The molecule has 0 fully saturated rings. The number of nitrogens with one attached hydrogen (secondary N) is 2. The molecular formula is C14H22FN3O2. The molecule has 2 N–H and O–H groups in total. The zero-order chi connectivity index (χ0) is 15.0. The van der Waals surface area contributed by atoms with Crippen molar-refractivity contribution < 1.29 is 13.9 Å². The van der Waals surface area contributed by atoms with Gasteiger partial charge in [0.15, 0.2) is 11.6 Å². The van der Waals surface area contributed by atoms with Crippen molar-refractivity contribution in [2.45, 2.75) is 20.8 Å². The van der Waals surface area contributed by atoms with E-state index in [0.717, 1.165) is 0 Å². The Hall–Kier alpha value is -1.69. The predicted octanol–water partition coefficient (Wildman–Crippen LogP) is 2.05. The van der Waals surface area contributed by atoms with E-state index in [2.05, 4.69) is 15.6 Å². The second-order valence-corrected chi connectivity index (χ2v) is 4.78. The van der Waals surface area contributed by atoms with Gasteiger partial charge >= 0.3 is 0 Å². The third kappa shape index (κ3) is 5.13. The van der Waals surface area contributed by atoms with Crippen molar-refractivity contribution in [3.63, 3.8) is 0 Å². The zero-order valence-electron chi connectivity index (χ0n) is 12.2. The molecule has 5 nitrogen and oxygen atoms in total. The molecule has 1 rings (SSSR count). The molecule has 0 aliphatic rings. The van der Waals surface area contributed by atoms with Crippen LogP contribution in [0.1, 0.15) is 31.1 Å². The van der Waals surface area contributed by atoms with Crippen molar-refractivity contribution in [1.82, 2.24) is 10.3 Å². The van der Waals surface area contributed by atoms with Gasteiger partial charge in [0, 0.05) is 25.9 Å². The number of anilines is 1. The van der Waals surface area contributed by atoms with Crippen molar-refractivity contribution in [3.05, 3.63) is 23.6 Å². The maximum atomic E-state index is 14.0. The predicted molar refractivity (Wildman–Crippen MR) is 76.3 cm³/mol. The molecule has 0 spiro atoms. The summed E-state index contributed by atoms with van der Waals surface area (Å²) in [6, 6.07) is 1.36. The maximum absolute atomic E-state index is 14.0. The molecule has 0 aliphatic carbocycles. The van der Waals surface area contributed by atoms with Gasteiger partial charge in [0.05, 0.1) is 12.2 Å². The number of nitrogens with zero attached hydrogens (tertiary/aromatic N) is 1. The Bertz CT molecular complexity index is 438. The zero-order valence-corrected chi connectivity index (χ0v) is 12.2. The van der Waals surface area contributed by atoms with Gasteiger partial charge in [-0.3, -0.25) is 4.79 Å². The molecular weight excluding hydrogens is 261 g/mol. The number of carbonyl (C=O) groups is 1. The second kappa shape index (κ2) is 8.47. The molecule has 112 valence electrons. The van der Waals surface area contributed by atoms with Crippen molar-refractivity contribution in [1.29, 1.82) is 0 Å². The van der Waals surface area contributed by atoms with Crippen molar-refractivity contribution in [2.75, 3.05) is 31.6 Å². The second-order valence-electron chi connectivity index (χ2n) is 4.78. The van der Waals surface area contributed by atoms with E-state index < -0.39 is 11.7 Å². The van der Waals surface area contributed by atoms with Crippen LogP contribution in [0.15, 0.2) is 12.3 Å². The summed E-state index contributed by atoms with van der Waals surface area (Å²) in [5.74, 6) is -0.547. The highest BCUT2D eigenvalue weighted by Gasteiger charge is 2.15. The molecule has 6 heteroatoms. The fourth-order valence-corrected chi connectivity index (χ4v) is 1.56. The van der Waals surface area contributed by atoms with Crippen LogP contribution in [0.3, 0.4) is 0 Å². The third-order valence-corrected chi connectivity index (χ3v) is 2.46. The minimum Gasteiger partial charge on any atom is -0.379 e. The number of aromatic nitrogens is 1. The smallest absolute Gasteiger partial charge is 0.254 e. The molecule has 0 aliphatic heterocycles. The lowest BCUT2D eigenvalue weighted by atomic mass is 10.2. The Morgan fingerprint density at radius 1 is 1.50 bits per heavy atom. The van der Waals surface area contributed by atoms with Gasteiger partial charge in [0.1, 0.15) is 0 Å². The van der Waals surface area contributed by atoms with Crippen LogP contribution >= 0.6 is 0 Å². The highest BCUT2D eigenvalue weighted by Crippen LogP contribution is 2.14. The molecule has 1 aromatic rings. The maximum Gasteiger partial charge on any atom is 0.254 e. The Labute approximate surface area is 118 Å². The topological polar surface area (TPSA) is 63.2 Å². The highest BCUT2D eigenvalue weighted by atomic mass is 19.1. The number of hydrogen-bond acceptors (Lipinski definition) is 4. The first kappa shape index (κ1) is 16.4. The van der Waals surface area contributed by atoms with E-state index in [-0.39, 0.29) is 11.4 Å². The Kier molecular flexibility index (Phi) is 6.93. The standard InChI is InChI=1S/C14H22FN3O2/c1-4-16-13-12(15)11(5-6-17-13)14(19)18-7-8-20-9-10(2)3/h5-6,10H,4,7-9H2,1-3H3,(H,16,17)(H,18,19). The van der Waals surface area contributed by atoms with Crippen LogP contribution in [-0.2, 0) is 4.74 Å². The van der Waals surface area contributed by atoms with Gasteiger partial charge in [-0.25, -0.2) is 9.37 Å². The first-order valence-corrected chi connectivity index (χ1v) is 6.80. The summed E-state index contributed by atoms with van der Waals surface area (Å²) < 4.78 is 19.3. The average molecular weight is 283 g/mol. The van der Waals surface area contributed by atoms with Crippen LogP contribution in [0.25, 0.3) is 0 Å². The highest BCUT2D eigenvalue weighted by molar-refractivity contribution is 5.95. The number of carbonyl (C=O) groups excluding carboxylic acids is 1. The van der Waals surface area contributed by atoms with Gasteiger partial charge in [0.2, 0.25) is 0 Å². The van der Waals surface area contributed by atoms with E-state index in [1.54, 1.807) is 0 Å². The number of pyridine rings is 1. The van der Waals surface area contributed by atoms with Crippen LogP contribution in [-0.4, -0.2) is 37.2 Å². The van der Waals surface area contributed by atoms with Crippen molar-refractivity contribution in [3.8, 4) is 0 Å². The van der Waals surface area contributed by atoms with Gasteiger partial charge in [-0.1, -0.05) is 13.8 Å². The minimum atomic E-state index is -0.630. The molecule has 1 amide bonds. The van der Waals surface area contributed by atoms with Crippen LogP contribution in [0.4, 0.5) is 10.2 Å². The van der Waals surface area contributed by atoms with Crippen LogP contribution in [0.2, 0.25) is 0 Å². The van der Waals surface area contributed by atoms with E-state index in [0.29, 0.717) is 32.2 Å². The summed E-state index contributed by atoms with van der Waals surface area (Å²) in [4.78, 5) is 15.7. The quantitative estimate of drug-likeness (QED) is 0.717. The largest absolute Gasteiger partial charge is 0.379 e. The van der Waals surface area contributed by atoms with Gasteiger partial charge in [0.25, 0.3) is 5.91 Å². The molecule has 0 aromatic carbocycles. The van der Waals surface area contributed by atoms with Gasteiger partial charge in [-0.2, -0.15) is 0 Å². The SMILES string of the molecule is CCNc1nccc(C(=O)NCCOCC(C)C)c1F. The number of rotatable bonds is 8. The number of ether oxygens (including phenoxy) is 1. The molecule has 0 unspecified atom stereocenters. The monoisotopic (exact) mass is 283 g/mol. The Morgan fingerprint density at radius 2 is 2.25 bits per heavy atom. The summed E-state index contributed by atoms with van der Waals surface area (Å²) in [7, 11) is 0. The van der Waals surface area contributed by atoms with Crippen LogP contribution in [0.5, 0.6) is 0 Å². The van der Waals surface area contributed by atoms with Gasteiger partial charge < -0.3 is 15.4 Å². The van der Waals surface area contributed by atoms with E-state index in [4.69, 9.17) is 4.74 Å². The molecule has 1 aromatic heterocycles. The summed E-state index contributed by atoms with van der Waals surface area (Å²) >= 11 is 0. The van der Waals surface area contributed by atoms with E-state index in [1.807, 2.05) is 20.8 Å². The molecule has 0 bridgehead atoms. The molecule has 1 heterocycles. The summed E-state index contributed by atoms with van der Waals surface area (Å²) in [6.07, 6.45) is 1.41. The van der Waals surface area contributed by atoms with Gasteiger partial charge in [-0.15, -0.1) is 0 Å². The minimum absolute atomic E-state index is 0.0141. The fraction of sp³-hybridized carbons (Fsp3) is 0.571. The number of amides is 1. The van der Waals surface area contributed by atoms with Gasteiger partial charge in [-0.05, 0) is 18.9 Å². The molecule has 0 radical (unpaired) electrons. The molecule has 20 heavy (non-hydrogen) atoms. The Morgan fingerprint density at radius 3 is 2.90 bits per heavy atom. The summed E-state index contributed by atoms with van der Waals surface area (Å²) in [6.45, 7) is 7.88. The summed E-state index contributed by atoms with van der Waals surface area (Å²) in [5, 5.41) is 5.39. The molecule has 0 saturated carbocycles. The third-order valence-electron chi connectivity index (χ3n) is 2.46. The average Bonchev–Trinajstić information content (AvgIpc) is 2.40. The first-order chi connectivity index (χ1) is 9.56. The fourth-order valence-electron chi connectivity index (χ4n) is 1.56. The number of hydrogen-bond donors (Lipinski definition) is 2. The molecule has 0 atom stereocenters.